The van der Waals surface area contributed by atoms with Crippen LogP contribution in [0.5, 0.6) is 0 Å². The van der Waals surface area contributed by atoms with Crippen molar-refractivity contribution in [3.8, 4) is 11.3 Å². The van der Waals surface area contributed by atoms with Crippen LogP contribution in [0.25, 0.3) is 11.3 Å². The lowest BCUT2D eigenvalue weighted by Gasteiger charge is -2.19. The Morgan fingerprint density at radius 2 is 2.23 bits per heavy atom. The fourth-order valence-electron chi connectivity index (χ4n) is 1.91. The lowest BCUT2D eigenvalue weighted by atomic mass is 10.2. The molecule has 1 amide bonds. The molecule has 1 N–H and O–H groups in total. The second kappa shape index (κ2) is 7.06. The minimum Gasteiger partial charge on any atom is -0.444 e. The summed E-state index contributed by atoms with van der Waals surface area (Å²) in [4.78, 5) is 19.9. The minimum absolute atomic E-state index is 0.380. The molecular weight excluding hydrogens is 280 g/mol. The Balaban J connectivity index is 1.74. The quantitative estimate of drug-likeness (QED) is 0.862. The molecular formula is C16H22N4O2. The molecule has 118 valence electrons. The summed E-state index contributed by atoms with van der Waals surface area (Å²) in [5.41, 5.74) is 1.42. The Kier molecular flexibility index (Phi) is 5.14. The van der Waals surface area contributed by atoms with Gasteiger partial charge in [-0.2, -0.15) is 0 Å². The molecule has 0 saturated carbocycles. The van der Waals surface area contributed by atoms with Gasteiger partial charge in [0, 0.05) is 37.2 Å². The Labute approximate surface area is 130 Å². The summed E-state index contributed by atoms with van der Waals surface area (Å²) in [6, 6.07) is 3.86. The lowest BCUT2D eigenvalue weighted by Crippen LogP contribution is -2.33. The maximum Gasteiger partial charge on any atom is 0.407 e. The van der Waals surface area contributed by atoms with Gasteiger partial charge in [-0.1, -0.05) is 0 Å². The highest BCUT2D eigenvalue weighted by Crippen LogP contribution is 2.14. The van der Waals surface area contributed by atoms with Crippen molar-refractivity contribution in [1.82, 2.24) is 19.9 Å². The second-order valence-electron chi connectivity index (χ2n) is 6.02. The number of hydrogen-bond donors (Lipinski definition) is 1. The highest BCUT2D eigenvalue weighted by atomic mass is 16.6. The first-order valence-corrected chi connectivity index (χ1v) is 7.33. The number of amides is 1. The molecule has 6 heteroatoms. The van der Waals surface area contributed by atoms with Crippen LogP contribution >= 0.6 is 0 Å². The Morgan fingerprint density at radius 1 is 1.41 bits per heavy atom. The van der Waals surface area contributed by atoms with Gasteiger partial charge in [0.25, 0.3) is 0 Å². The molecule has 0 saturated heterocycles. The summed E-state index contributed by atoms with van der Waals surface area (Å²) in [7, 11) is 0. The molecule has 0 aromatic carbocycles. The van der Waals surface area contributed by atoms with E-state index in [4.69, 9.17) is 4.74 Å². The number of carbonyl (C=O) groups excluding carboxylic acids is 1. The van der Waals surface area contributed by atoms with Gasteiger partial charge in [0.05, 0.1) is 12.0 Å². The topological polar surface area (TPSA) is 69.0 Å². The average molecular weight is 302 g/mol. The van der Waals surface area contributed by atoms with Gasteiger partial charge in [-0.15, -0.1) is 0 Å². The first-order valence-electron chi connectivity index (χ1n) is 7.33. The third kappa shape index (κ3) is 5.20. The van der Waals surface area contributed by atoms with E-state index >= 15 is 0 Å². The standard InChI is InChI=1S/C16H22N4O2/c1-16(2,3)22-15(21)18-8-5-9-20-11-14(19-12-20)13-6-4-7-17-10-13/h4,6-7,10-12H,5,8-9H2,1-3H3,(H,18,21). The first kappa shape index (κ1) is 16.0. The van der Waals surface area contributed by atoms with Crippen molar-refractivity contribution >= 4 is 6.09 Å². The van der Waals surface area contributed by atoms with Crippen molar-refractivity contribution in [1.29, 1.82) is 0 Å². The maximum absolute atomic E-state index is 11.5. The summed E-state index contributed by atoms with van der Waals surface area (Å²) in [6.45, 7) is 6.88. The van der Waals surface area contributed by atoms with Crippen molar-refractivity contribution in [3.05, 3.63) is 37.1 Å². The number of nitrogens with one attached hydrogen (secondary N) is 1. The largest absolute Gasteiger partial charge is 0.444 e. The summed E-state index contributed by atoms with van der Waals surface area (Å²) in [6.07, 6.45) is 7.72. The lowest BCUT2D eigenvalue weighted by molar-refractivity contribution is 0.0526. The van der Waals surface area contributed by atoms with Crippen molar-refractivity contribution in [2.75, 3.05) is 6.54 Å². The zero-order valence-electron chi connectivity index (χ0n) is 13.2. The summed E-state index contributed by atoms with van der Waals surface area (Å²) >= 11 is 0. The number of aryl methyl sites for hydroxylation is 1. The molecule has 0 aliphatic heterocycles. The second-order valence-corrected chi connectivity index (χ2v) is 6.02. The van der Waals surface area contributed by atoms with Crippen molar-refractivity contribution < 1.29 is 9.53 Å². The van der Waals surface area contributed by atoms with Crippen LogP contribution in [0.3, 0.4) is 0 Å². The van der Waals surface area contributed by atoms with E-state index in [1.54, 1.807) is 18.7 Å². The van der Waals surface area contributed by atoms with Crippen LogP contribution in [-0.4, -0.2) is 32.8 Å². The molecule has 2 heterocycles. The van der Waals surface area contributed by atoms with Crippen molar-refractivity contribution in [3.63, 3.8) is 0 Å². The molecule has 0 aliphatic rings. The predicted octanol–water partition coefficient (Wildman–Crippen LogP) is 2.86. The van der Waals surface area contributed by atoms with Gasteiger partial charge < -0.3 is 14.6 Å². The molecule has 0 radical (unpaired) electrons. The molecule has 6 nitrogen and oxygen atoms in total. The highest BCUT2D eigenvalue weighted by molar-refractivity contribution is 5.67. The molecule has 2 aromatic heterocycles. The van der Waals surface area contributed by atoms with E-state index in [2.05, 4.69) is 15.3 Å². The van der Waals surface area contributed by atoms with E-state index in [0.29, 0.717) is 6.54 Å². The molecule has 0 atom stereocenters. The third-order valence-electron chi connectivity index (χ3n) is 2.85. The van der Waals surface area contributed by atoms with Gasteiger partial charge in [-0.3, -0.25) is 4.98 Å². The number of carbonyl (C=O) groups is 1. The molecule has 22 heavy (non-hydrogen) atoms. The zero-order chi connectivity index (χ0) is 16.0. The normalized spacial score (nSPS) is 11.2. The SMILES string of the molecule is CC(C)(C)OC(=O)NCCCn1cnc(-c2cccnc2)c1. The van der Waals surface area contributed by atoms with Gasteiger partial charge in [0.15, 0.2) is 0 Å². The van der Waals surface area contributed by atoms with Crippen LogP contribution in [0.2, 0.25) is 0 Å². The minimum atomic E-state index is -0.465. The molecule has 0 unspecified atom stereocenters. The highest BCUT2D eigenvalue weighted by Gasteiger charge is 2.15. The van der Waals surface area contributed by atoms with E-state index in [1.165, 1.54) is 0 Å². The third-order valence-corrected chi connectivity index (χ3v) is 2.85. The number of nitrogens with zero attached hydrogens (tertiary/aromatic N) is 3. The van der Waals surface area contributed by atoms with Gasteiger partial charge in [-0.05, 0) is 39.3 Å². The number of alkyl carbamates (subject to hydrolysis) is 1. The molecule has 0 fully saturated rings. The molecule has 2 rings (SSSR count). The van der Waals surface area contributed by atoms with Crippen LogP contribution in [0.4, 0.5) is 4.79 Å². The van der Waals surface area contributed by atoms with E-state index in [9.17, 15) is 4.79 Å². The van der Waals surface area contributed by atoms with Gasteiger partial charge in [0.2, 0.25) is 0 Å². The van der Waals surface area contributed by atoms with Crippen LogP contribution in [0.15, 0.2) is 37.1 Å². The summed E-state index contributed by atoms with van der Waals surface area (Å²) in [5, 5.41) is 2.74. The Morgan fingerprint density at radius 3 is 2.91 bits per heavy atom. The molecule has 0 aliphatic carbocycles. The zero-order valence-corrected chi connectivity index (χ0v) is 13.2. The number of pyridine rings is 1. The summed E-state index contributed by atoms with van der Waals surface area (Å²) < 4.78 is 7.17. The number of imidazole rings is 1. The van der Waals surface area contributed by atoms with Gasteiger partial charge >= 0.3 is 6.09 Å². The van der Waals surface area contributed by atoms with Crippen LogP contribution < -0.4 is 5.32 Å². The van der Waals surface area contributed by atoms with Gasteiger partial charge in [0.1, 0.15) is 5.60 Å². The maximum atomic E-state index is 11.5. The van der Waals surface area contributed by atoms with Crippen LogP contribution in [0, 0.1) is 0 Å². The van der Waals surface area contributed by atoms with Crippen molar-refractivity contribution in [2.45, 2.75) is 39.3 Å². The van der Waals surface area contributed by atoms with Crippen LogP contribution in [-0.2, 0) is 11.3 Å². The smallest absolute Gasteiger partial charge is 0.407 e. The fourth-order valence-corrected chi connectivity index (χ4v) is 1.91. The van der Waals surface area contributed by atoms with E-state index < -0.39 is 5.60 Å². The predicted molar refractivity (Wildman–Crippen MR) is 84.3 cm³/mol. The van der Waals surface area contributed by atoms with E-state index in [0.717, 1.165) is 24.2 Å². The van der Waals surface area contributed by atoms with E-state index in [1.807, 2.05) is 43.7 Å². The average Bonchev–Trinajstić information content (AvgIpc) is 2.91. The molecule has 0 spiro atoms. The number of aromatic nitrogens is 3. The molecule has 2 aromatic rings. The number of hydrogen-bond acceptors (Lipinski definition) is 4. The molecule has 0 bridgehead atoms. The van der Waals surface area contributed by atoms with E-state index in [-0.39, 0.29) is 6.09 Å². The Hall–Kier alpha value is -2.37. The number of ether oxygens (including phenoxy) is 1. The monoisotopic (exact) mass is 302 g/mol. The fraction of sp³-hybridized carbons (Fsp3) is 0.438. The van der Waals surface area contributed by atoms with Crippen molar-refractivity contribution in [2.24, 2.45) is 0 Å². The number of rotatable bonds is 5. The van der Waals surface area contributed by atoms with Crippen LogP contribution in [0.1, 0.15) is 27.2 Å². The summed E-state index contributed by atoms with van der Waals surface area (Å²) in [5.74, 6) is 0. The first-order chi connectivity index (χ1) is 10.4. The Bertz CT molecular complexity index is 602. The van der Waals surface area contributed by atoms with Gasteiger partial charge in [-0.25, -0.2) is 9.78 Å².